The minimum Gasteiger partial charge on any atom is -0.354 e. The Kier molecular flexibility index (Phi) is 9.22. The largest absolute Gasteiger partial charge is 0.354 e. The first-order valence-corrected chi connectivity index (χ1v) is 16.2. The fourth-order valence-electron chi connectivity index (χ4n) is 6.84. The predicted octanol–water partition coefficient (Wildman–Crippen LogP) is 11.7. The van der Waals surface area contributed by atoms with Gasteiger partial charge in [0.15, 0.2) is 0 Å². The van der Waals surface area contributed by atoms with E-state index in [2.05, 4.69) is 156 Å². The van der Waals surface area contributed by atoms with Crippen molar-refractivity contribution in [2.24, 2.45) is 0 Å². The van der Waals surface area contributed by atoms with Gasteiger partial charge in [-0.25, -0.2) is 9.97 Å². The van der Waals surface area contributed by atoms with Crippen LogP contribution in [-0.2, 0) is 17.4 Å². The number of rotatable bonds is 4. The zero-order valence-corrected chi connectivity index (χ0v) is 29.0. The Morgan fingerprint density at radius 3 is 0.740 bits per heavy atom. The van der Waals surface area contributed by atoms with Gasteiger partial charge in [0.25, 0.3) is 0 Å². The third-order valence-corrected chi connectivity index (χ3v) is 9.00. The summed E-state index contributed by atoms with van der Waals surface area (Å²) in [5.74, 6) is 0. The molecule has 0 radical (unpaired) electrons. The molecule has 2 aliphatic rings. The van der Waals surface area contributed by atoms with Crippen LogP contribution in [0.25, 0.3) is 90.9 Å². The summed E-state index contributed by atoms with van der Waals surface area (Å²) in [4.78, 5) is 18.3. The smallest absolute Gasteiger partial charge is 0.0737 e. The van der Waals surface area contributed by atoms with Gasteiger partial charge < -0.3 is 9.97 Å². The van der Waals surface area contributed by atoms with Crippen LogP contribution in [0, 0.1) is 0 Å². The number of fused-ring (bicyclic) bond motifs is 8. The third kappa shape index (κ3) is 5.93. The number of hydrogen-bond acceptors (Lipinski definition) is 2. The topological polar surface area (TPSA) is 57.4 Å². The van der Waals surface area contributed by atoms with Gasteiger partial charge in [-0.3, -0.25) is 0 Å². The molecule has 240 valence electrons. The van der Waals surface area contributed by atoms with E-state index in [1.165, 1.54) is 0 Å². The monoisotopic (exact) mass is 702 g/mol. The number of nitrogens with zero attached hydrogens (tertiary/aromatic N) is 2. The van der Waals surface area contributed by atoms with E-state index in [-0.39, 0.29) is 29.8 Å². The van der Waals surface area contributed by atoms with E-state index in [0.717, 1.165) is 89.4 Å². The SMILES string of the molecule is C1=Cc2nc1c(-c1ccccc1)c1ccc([nH]1)c(-c1ccccc1)c1nc(c(-c3ccccc3)c3ccc([nH]3)c2-c2ccccc2)C=C1.Cl.[Cr]. The first-order chi connectivity index (χ1) is 23.8. The molecule has 9 rings (SSSR count). The van der Waals surface area contributed by atoms with Crippen LogP contribution in [0.5, 0.6) is 0 Å². The molecular formula is C44H31ClCrN4. The molecule has 0 aliphatic carbocycles. The quantitative estimate of drug-likeness (QED) is 0.192. The van der Waals surface area contributed by atoms with Crippen LogP contribution in [0.2, 0.25) is 0 Å². The molecule has 4 nitrogen and oxygen atoms in total. The molecular weight excluding hydrogens is 672 g/mol. The van der Waals surface area contributed by atoms with Crippen molar-refractivity contribution in [3.05, 3.63) is 168 Å². The van der Waals surface area contributed by atoms with Crippen LogP contribution in [0.4, 0.5) is 0 Å². The van der Waals surface area contributed by atoms with Crippen LogP contribution in [-0.4, -0.2) is 19.9 Å². The van der Waals surface area contributed by atoms with Gasteiger partial charge in [-0.05, 0) is 70.8 Å². The Morgan fingerprint density at radius 2 is 0.520 bits per heavy atom. The average molecular weight is 703 g/mol. The van der Waals surface area contributed by atoms with Crippen molar-refractivity contribution >= 4 is 58.8 Å². The van der Waals surface area contributed by atoms with Gasteiger partial charge in [0, 0.05) is 61.7 Å². The van der Waals surface area contributed by atoms with E-state index in [4.69, 9.17) is 9.97 Å². The molecule has 5 heterocycles. The summed E-state index contributed by atoms with van der Waals surface area (Å²) >= 11 is 0. The number of halogens is 1. The molecule has 0 saturated heterocycles. The van der Waals surface area contributed by atoms with Gasteiger partial charge in [0.1, 0.15) is 0 Å². The van der Waals surface area contributed by atoms with Crippen molar-refractivity contribution in [2.45, 2.75) is 0 Å². The maximum Gasteiger partial charge on any atom is 0.0737 e. The second-order valence-corrected chi connectivity index (χ2v) is 12.0. The maximum atomic E-state index is 5.35. The molecule has 4 aromatic carbocycles. The van der Waals surface area contributed by atoms with Crippen molar-refractivity contribution in [3.8, 4) is 44.5 Å². The molecule has 0 atom stereocenters. The number of benzene rings is 4. The van der Waals surface area contributed by atoms with Crippen molar-refractivity contribution in [1.82, 2.24) is 19.9 Å². The maximum absolute atomic E-state index is 5.35. The first-order valence-electron chi connectivity index (χ1n) is 16.2. The van der Waals surface area contributed by atoms with Gasteiger partial charge in [-0.1, -0.05) is 121 Å². The Morgan fingerprint density at radius 1 is 0.300 bits per heavy atom. The standard InChI is InChI=1S/C44H30N4.ClH.Cr/c1-5-13-29(14-6-1)41-33-21-23-35(45-33)42(30-15-7-2-8-16-30)37-25-27-39(47-37)44(32-19-11-4-12-20-32)40-28-26-38(48-40)43(31-17-9-3-10-18-31)36-24-22-34(41)46-36;;/h1-28,45,48H;1H;. The van der Waals surface area contributed by atoms with Crippen molar-refractivity contribution in [1.29, 1.82) is 0 Å². The molecule has 8 bridgehead atoms. The van der Waals surface area contributed by atoms with Gasteiger partial charge in [0.2, 0.25) is 0 Å². The molecule has 3 aromatic heterocycles. The number of aromatic amines is 2. The summed E-state index contributed by atoms with van der Waals surface area (Å²) in [6.07, 6.45) is 8.54. The van der Waals surface area contributed by atoms with Crippen LogP contribution in [0.15, 0.2) is 146 Å². The second-order valence-electron chi connectivity index (χ2n) is 12.0. The summed E-state index contributed by atoms with van der Waals surface area (Å²) in [6.45, 7) is 0. The predicted molar refractivity (Wildman–Crippen MR) is 208 cm³/mol. The summed E-state index contributed by atoms with van der Waals surface area (Å²) in [5, 5.41) is 0. The zero-order chi connectivity index (χ0) is 31.9. The van der Waals surface area contributed by atoms with Gasteiger partial charge >= 0.3 is 0 Å². The van der Waals surface area contributed by atoms with Gasteiger partial charge in [0.05, 0.1) is 22.8 Å². The third-order valence-electron chi connectivity index (χ3n) is 9.00. The molecule has 6 heteroatoms. The molecule has 0 amide bonds. The fourth-order valence-corrected chi connectivity index (χ4v) is 6.84. The van der Waals surface area contributed by atoms with E-state index >= 15 is 0 Å². The molecule has 0 spiro atoms. The van der Waals surface area contributed by atoms with Crippen molar-refractivity contribution in [2.75, 3.05) is 0 Å². The number of nitrogens with one attached hydrogen (secondary N) is 2. The summed E-state index contributed by atoms with van der Waals surface area (Å²) in [6, 6.07) is 50.7. The number of aromatic nitrogens is 4. The van der Waals surface area contributed by atoms with Crippen molar-refractivity contribution in [3.63, 3.8) is 0 Å². The van der Waals surface area contributed by atoms with E-state index in [1.807, 2.05) is 24.3 Å². The average Bonchev–Trinajstić information content (AvgIpc) is 3.98. The van der Waals surface area contributed by atoms with Crippen molar-refractivity contribution < 1.29 is 17.4 Å². The summed E-state index contributed by atoms with van der Waals surface area (Å²) < 4.78 is 0. The number of H-pyrrole nitrogens is 2. The van der Waals surface area contributed by atoms with Crippen LogP contribution in [0.1, 0.15) is 22.8 Å². The molecule has 50 heavy (non-hydrogen) atoms. The molecule has 0 saturated carbocycles. The second kappa shape index (κ2) is 14.0. The van der Waals surface area contributed by atoms with E-state index < -0.39 is 0 Å². The Labute approximate surface area is 307 Å². The Balaban J connectivity index is 0.00000196. The minimum atomic E-state index is 0. The fraction of sp³-hybridized carbons (Fsp3) is 0. The molecule has 2 N–H and O–H groups in total. The molecule has 2 aliphatic heterocycles. The normalized spacial score (nSPS) is 11.5. The molecule has 0 unspecified atom stereocenters. The Bertz CT molecular complexity index is 2190. The van der Waals surface area contributed by atoms with Crippen LogP contribution in [0.3, 0.4) is 0 Å². The molecule has 0 fully saturated rings. The van der Waals surface area contributed by atoms with E-state index in [9.17, 15) is 0 Å². The van der Waals surface area contributed by atoms with Crippen LogP contribution < -0.4 is 0 Å². The van der Waals surface area contributed by atoms with E-state index in [0.29, 0.717) is 0 Å². The Hall–Kier alpha value is -5.70. The van der Waals surface area contributed by atoms with Gasteiger partial charge in [-0.2, -0.15) is 0 Å². The minimum absolute atomic E-state index is 0. The summed E-state index contributed by atoms with van der Waals surface area (Å²) in [5.41, 5.74) is 16.2. The summed E-state index contributed by atoms with van der Waals surface area (Å²) in [7, 11) is 0. The zero-order valence-electron chi connectivity index (χ0n) is 26.9. The van der Waals surface area contributed by atoms with Gasteiger partial charge in [-0.15, -0.1) is 12.4 Å². The van der Waals surface area contributed by atoms with E-state index in [1.54, 1.807) is 0 Å². The van der Waals surface area contributed by atoms with Crippen LogP contribution >= 0.6 is 12.4 Å². The number of hydrogen-bond donors (Lipinski definition) is 2. The molecule has 7 aromatic rings. The first kappa shape index (κ1) is 32.8.